The fourth-order valence-corrected chi connectivity index (χ4v) is 3.90. The number of thiol groups is 2. The molecule has 0 aromatic heterocycles. The SMILES string of the molecule is CCCSCC(C)(S)CSCC(C)S. The van der Waals surface area contributed by atoms with Crippen LogP contribution in [0, 0.1) is 0 Å². The lowest BCUT2D eigenvalue weighted by molar-refractivity contribution is 0.837. The zero-order valence-electron chi connectivity index (χ0n) is 9.32. The lowest BCUT2D eigenvalue weighted by Crippen LogP contribution is -2.24. The van der Waals surface area contributed by atoms with Gasteiger partial charge in [-0.2, -0.15) is 48.8 Å². The fraction of sp³-hybridized carbons (Fsp3) is 1.00. The van der Waals surface area contributed by atoms with E-state index in [0.717, 1.165) is 17.3 Å². The summed E-state index contributed by atoms with van der Waals surface area (Å²) in [5, 5.41) is 0.493. The average molecular weight is 271 g/mol. The number of hydrogen-bond acceptors (Lipinski definition) is 4. The summed E-state index contributed by atoms with van der Waals surface area (Å²) < 4.78 is 0.174. The molecule has 0 aromatic carbocycles. The molecule has 86 valence electrons. The first kappa shape index (κ1) is 15.4. The minimum absolute atomic E-state index is 0.174. The van der Waals surface area contributed by atoms with Crippen LogP contribution in [0.1, 0.15) is 27.2 Å². The summed E-state index contributed by atoms with van der Waals surface area (Å²) in [4.78, 5) is 0. The molecule has 0 saturated heterocycles. The van der Waals surface area contributed by atoms with Gasteiger partial charge in [0, 0.05) is 27.3 Å². The van der Waals surface area contributed by atoms with Crippen molar-refractivity contribution >= 4 is 48.8 Å². The second-order valence-corrected chi connectivity index (χ2v) is 8.01. The van der Waals surface area contributed by atoms with Crippen molar-refractivity contribution in [2.45, 2.75) is 37.2 Å². The first-order valence-corrected chi connectivity index (χ1v) is 8.31. The van der Waals surface area contributed by atoms with Crippen LogP contribution in [0.2, 0.25) is 0 Å². The molecule has 0 bridgehead atoms. The van der Waals surface area contributed by atoms with Crippen molar-refractivity contribution in [1.82, 2.24) is 0 Å². The molecule has 14 heavy (non-hydrogen) atoms. The second kappa shape index (κ2) is 8.54. The molecule has 4 heteroatoms. The standard InChI is InChI=1S/C10H22S4/c1-4-5-13-7-10(3,12)8-14-6-9(2)11/h9,11-12H,4-8H2,1-3H3. The highest BCUT2D eigenvalue weighted by Crippen LogP contribution is 2.25. The van der Waals surface area contributed by atoms with Crippen LogP contribution in [-0.2, 0) is 0 Å². The number of rotatable bonds is 8. The molecule has 0 spiro atoms. The van der Waals surface area contributed by atoms with Gasteiger partial charge in [-0.15, -0.1) is 0 Å². The smallest absolute Gasteiger partial charge is 0.0282 e. The summed E-state index contributed by atoms with van der Waals surface area (Å²) in [7, 11) is 0. The Hall–Kier alpha value is 1.40. The van der Waals surface area contributed by atoms with Gasteiger partial charge in [0.15, 0.2) is 0 Å². The Balaban J connectivity index is 3.50. The maximum absolute atomic E-state index is 4.70. The third-order valence-electron chi connectivity index (χ3n) is 1.53. The highest BCUT2D eigenvalue weighted by molar-refractivity contribution is 8.02. The molecule has 0 saturated carbocycles. The van der Waals surface area contributed by atoms with Crippen LogP contribution in [0.4, 0.5) is 0 Å². The molecule has 2 unspecified atom stereocenters. The molecule has 0 N–H and O–H groups in total. The molecule has 0 amide bonds. The van der Waals surface area contributed by atoms with Crippen LogP contribution in [0.3, 0.4) is 0 Å². The molecule has 0 aliphatic heterocycles. The average Bonchev–Trinajstić information content (AvgIpc) is 2.03. The zero-order chi connectivity index (χ0) is 11.0. The van der Waals surface area contributed by atoms with Crippen molar-refractivity contribution < 1.29 is 0 Å². The van der Waals surface area contributed by atoms with Crippen molar-refractivity contribution in [3.8, 4) is 0 Å². The molecule has 0 nitrogen and oxygen atoms in total. The van der Waals surface area contributed by atoms with E-state index in [9.17, 15) is 0 Å². The fourth-order valence-electron chi connectivity index (χ4n) is 0.927. The van der Waals surface area contributed by atoms with Crippen molar-refractivity contribution in [2.75, 3.05) is 23.0 Å². The van der Waals surface area contributed by atoms with Gasteiger partial charge in [-0.1, -0.05) is 13.8 Å². The molecule has 0 rings (SSSR count). The topological polar surface area (TPSA) is 0 Å². The maximum Gasteiger partial charge on any atom is 0.0282 e. The molecule has 2 atom stereocenters. The van der Waals surface area contributed by atoms with E-state index in [-0.39, 0.29) is 4.75 Å². The molecule has 0 fully saturated rings. The molecule has 0 heterocycles. The van der Waals surface area contributed by atoms with Gasteiger partial charge in [-0.25, -0.2) is 0 Å². The van der Waals surface area contributed by atoms with Crippen molar-refractivity contribution in [3.05, 3.63) is 0 Å². The Morgan fingerprint density at radius 3 is 2.36 bits per heavy atom. The number of hydrogen-bond donors (Lipinski definition) is 2. The third-order valence-corrected chi connectivity index (χ3v) is 5.82. The van der Waals surface area contributed by atoms with Gasteiger partial charge in [0.1, 0.15) is 0 Å². The zero-order valence-corrected chi connectivity index (χ0v) is 12.7. The quantitative estimate of drug-likeness (QED) is 0.508. The summed E-state index contributed by atoms with van der Waals surface area (Å²) in [6.45, 7) is 6.59. The largest absolute Gasteiger partial charge is 0.175 e. The van der Waals surface area contributed by atoms with E-state index in [1.165, 1.54) is 12.2 Å². The van der Waals surface area contributed by atoms with Crippen LogP contribution in [0.15, 0.2) is 0 Å². The molecular weight excluding hydrogens is 248 g/mol. The van der Waals surface area contributed by atoms with Gasteiger partial charge in [0.05, 0.1) is 0 Å². The maximum atomic E-state index is 4.70. The minimum atomic E-state index is 0.174. The van der Waals surface area contributed by atoms with Gasteiger partial charge in [0.25, 0.3) is 0 Å². The van der Waals surface area contributed by atoms with Gasteiger partial charge >= 0.3 is 0 Å². The van der Waals surface area contributed by atoms with Crippen molar-refractivity contribution in [3.63, 3.8) is 0 Å². The van der Waals surface area contributed by atoms with Crippen LogP contribution >= 0.6 is 48.8 Å². The predicted octanol–water partition coefficient (Wildman–Crippen LogP) is 3.87. The molecular formula is C10H22S4. The summed E-state index contributed by atoms with van der Waals surface area (Å²) in [5.41, 5.74) is 0. The summed E-state index contributed by atoms with van der Waals surface area (Å²) >= 11 is 13.0. The Morgan fingerprint density at radius 1 is 1.29 bits per heavy atom. The Kier molecular flexibility index (Phi) is 9.39. The summed E-state index contributed by atoms with van der Waals surface area (Å²) in [5.74, 6) is 4.65. The highest BCUT2D eigenvalue weighted by Gasteiger charge is 2.18. The van der Waals surface area contributed by atoms with Crippen LogP contribution in [0.25, 0.3) is 0 Å². The molecule has 0 radical (unpaired) electrons. The minimum Gasteiger partial charge on any atom is -0.175 e. The molecule has 0 aliphatic rings. The van der Waals surface area contributed by atoms with Crippen LogP contribution in [-0.4, -0.2) is 33.0 Å². The van der Waals surface area contributed by atoms with Crippen LogP contribution in [0.5, 0.6) is 0 Å². The normalized spacial score (nSPS) is 17.8. The van der Waals surface area contributed by atoms with E-state index in [1.807, 2.05) is 23.5 Å². The monoisotopic (exact) mass is 270 g/mol. The molecule has 0 aliphatic carbocycles. The van der Waals surface area contributed by atoms with Gasteiger partial charge in [-0.05, 0) is 19.1 Å². The van der Waals surface area contributed by atoms with E-state index in [4.69, 9.17) is 12.6 Å². The Bertz CT molecular complexity index is 134. The number of thioether (sulfide) groups is 2. The predicted molar refractivity (Wildman–Crippen MR) is 80.8 cm³/mol. The highest BCUT2D eigenvalue weighted by atomic mass is 32.2. The summed E-state index contributed by atoms with van der Waals surface area (Å²) in [6, 6.07) is 0. The summed E-state index contributed by atoms with van der Waals surface area (Å²) in [6.07, 6.45) is 1.26. The van der Waals surface area contributed by atoms with E-state index >= 15 is 0 Å². The Labute approximate surface area is 109 Å². The van der Waals surface area contributed by atoms with Gasteiger partial charge < -0.3 is 0 Å². The van der Waals surface area contributed by atoms with E-state index < -0.39 is 0 Å². The first-order chi connectivity index (χ1) is 6.48. The molecule has 0 aromatic rings. The second-order valence-electron chi connectivity index (χ2n) is 3.91. The van der Waals surface area contributed by atoms with E-state index in [2.05, 4.69) is 33.4 Å². The lowest BCUT2D eigenvalue weighted by atomic mass is 10.2. The van der Waals surface area contributed by atoms with Crippen molar-refractivity contribution in [1.29, 1.82) is 0 Å². The first-order valence-electron chi connectivity index (χ1n) is 5.04. The van der Waals surface area contributed by atoms with E-state index in [0.29, 0.717) is 5.25 Å². The Morgan fingerprint density at radius 2 is 1.86 bits per heavy atom. The lowest BCUT2D eigenvalue weighted by Gasteiger charge is -2.22. The van der Waals surface area contributed by atoms with Crippen LogP contribution < -0.4 is 0 Å². The van der Waals surface area contributed by atoms with Crippen molar-refractivity contribution in [2.24, 2.45) is 0 Å². The van der Waals surface area contributed by atoms with Gasteiger partial charge in [-0.3, -0.25) is 0 Å². The third kappa shape index (κ3) is 9.94. The van der Waals surface area contributed by atoms with E-state index in [1.54, 1.807) is 0 Å². The van der Waals surface area contributed by atoms with Gasteiger partial charge in [0.2, 0.25) is 0 Å².